The highest BCUT2D eigenvalue weighted by Gasteiger charge is 2.23. The van der Waals surface area contributed by atoms with E-state index in [-0.39, 0.29) is 0 Å². The number of benzene rings is 5. The molecular weight excluding hydrogens is 582 g/mol. The van der Waals surface area contributed by atoms with Gasteiger partial charge >= 0.3 is 0 Å². The van der Waals surface area contributed by atoms with E-state index in [1.807, 2.05) is 0 Å². The zero-order valence-electron chi connectivity index (χ0n) is 20.3. The zero-order chi connectivity index (χ0) is 25.4. The number of fused-ring (bicyclic) bond motifs is 1. The quantitative estimate of drug-likeness (QED) is 0.176. The molecule has 0 saturated carbocycles. The third-order valence-electron chi connectivity index (χ3n) is 6.89. The molecule has 37 heavy (non-hydrogen) atoms. The molecule has 0 aliphatic carbocycles. The Morgan fingerprint density at radius 3 is 1.62 bits per heavy atom. The van der Waals surface area contributed by atoms with E-state index in [4.69, 9.17) is 0 Å². The second-order valence-corrected chi connectivity index (χ2v) is 11.0. The highest BCUT2D eigenvalue weighted by Crippen LogP contribution is 2.43. The standard InChI is InChI=1S/C34H24Br2N/c1-37-32-10-6-5-9-26(32)15-20-33(37)34-30(24-11-16-28(35)17-12-24)21-27(23-7-3-2-4-8-23)22-31(34)25-13-18-29(36)19-14-25/h2-22H,1H3/q+1. The number of pyridine rings is 1. The summed E-state index contributed by atoms with van der Waals surface area (Å²) >= 11 is 7.24. The first-order valence-corrected chi connectivity index (χ1v) is 13.8. The average Bonchev–Trinajstić information content (AvgIpc) is 2.94. The maximum absolute atomic E-state index is 3.62. The average molecular weight is 606 g/mol. The molecule has 0 aliphatic heterocycles. The summed E-state index contributed by atoms with van der Waals surface area (Å²) in [6, 6.07) is 45.6. The lowest BCUT2D eigenvalue weighted by atomic mass is 9.86. The van der Waals surface area contributed by atoms with Gasteiger partial charge in [-0.25, -0.2) is 0 Å². The van der Waals surface area contributed by atoms with Crippen LogP contribution in [0.3, 0.4) is 0 Å². The van der Waals surface area contributed by atoms with Crippen molar-refractivity contribution in [3.63, 3.8) is 0 Å². The van der Waals surface area contributed by atoms with E-state index >= 15 is 0 Å². The minimum atomic E-state index is 1.07. The Bertz CT molecular complexity index is 1650. The fourth-order valence-electron chi connectivity index (χ4n) is 5.02. The van der Waals surface area contributed by atoms with Gasteiger partial charge in [-0.05, 0) is 81.9 Å². The lowest BCUT2D eigenvalue weighted by Crippen LogP contribution is -2.32. The Morgan fingerprint density at radius 1 is 0.486 bits per heavy atom. The van der Waals surface area contributed by atoms with Gasteiger partial charge in [-0.15, -0.1) is 0 Å². The van der Waals surface area contributed by atoms with Crippen molar-refractivity contribution in [3.8, 4) is 44.6 Å². The van der Waals surface area contributed by atoms with Gasteiger partial charge in [0.1, 0.15) is 7.05 Å². The number of hydrogen-bond donors (Lipinski definition) is 0. The normalized spacial score (nSPS) is 11.1. The summed E-state index contributed by atoms with van der Waals surface area (Å²) in [7, 11) is 2.17. The number of rotatable bonds is 4. The van der Waals surface area contributed by atoms with Crippen molar-refractivity contribution in [3.05, 3.63) is 136 Å². The first-order valence-electron chi connectivity index (χ1n) is 12.2. The smallest absolute Gasteiger partial charge is 0.194 e. The number of hydrogen-bond acceptors (Lipinski definition) is 0. The molecule has 6 aromatic rings. The summed E-state index contributed by atoms with van der Waals surface area (Å²) in [5, 5.41) is 1.23. The van der Waals surface area contributed by atoms with Crippen LogP contribution in [0.4, 0.5) is 0 Å². The van der Waals surface area contributed by atoms with Crippen LogP contribution in [0.2, 0.25) is 0 Å². The fourth-order valence-corrected chi connectivity index (χ4v) is 5.55. The summed E-state index contributed by atoms with van der Waals surface area (Å²) in [6.07, 6.45) is 0. The first-order chi connectivity index (χ1) is 18.1. The van der Waals surface area contributed by atoms with Crippen LogP contribution in [0.1, 0.15) is 0 Å². The topological polar surface area (TPSA) is 3.88 Å². The molecule has 6 rings (SSSR count). The maximum atomic E-state index is 3.62. The molecule has 1 nitrogen and oxygen atoms in total. The number of aromatic nitrogens is 1. The van der Waals surface area contributed by atoms with Crippen LogP contribution in [0, 0.1) is 0 Å². The highest BCUT2D eigenvalue weighted by atomic mass is 79.9. The minimum absolute atomic E-state index is 1.07. The molecule has 0 fully saturated rings. The monoisotopic (exact) mass is 604 g/mol. The van der Waals surface area contributed by atoms with E-state index in [1.165, 1.54) is 55.5 Å². The second-order valence-electron chi connectivity index (χ2n) is 9.16. The molecule has 0 bridgehead atoms. The van der Waals surface area contributed by atoms with Gasteiger partial charge in [-0.2, -0.15) is 4.57 Å². The predicted molar refractivity (Wildman–Crippen MR) is 162 cm³/mol. The van der Waals surface area contributed by atoms with Crippen LogP contribution in [-0.4, -0.2) is 0 Å². The van der Waals surface area contributed by atoms with Crippen molar-refractivity contribution < 1.29 is 4.57 Å². The van der Waals surface area contributed by atoms with Gasteiger partial charge in [-0.3, -0.25) is 0 Å². The molecule has 0 unspecified atom stereocenters. The van der Waals surface area contributed by atoms with Crippen molar-refractivity contribution >= 4 is 42.8 Å². The number of para-hydroxylation sites is 1. The van der Waals surface area contributed by atoms with Gasteiger partial charge < -0.3 is 0 Å². The molecule has 0 spiro atoms. The Kier molecular flexibility index (Phi) is 6.50. The molecule has 1 heterocycles. The lowest BCUT2D eigenvalue weighted by molar-refractivity contribution is -0.633. The van der Waals surface area contributed by atoms with Crippen molar-refractivity contribution in [2.24, 2.45) is 7.05 Å². The molecule has 0 amide bonds. The molecular formula is C34H24Br2N+. The van der Waals surface area contributed by atoms with Crippen LogP contribution < -0.4 is 4.57 Å². The third-order valence-corrected chi connectivity index (χ3v) is 7.95. The number of nitrogens with zero attached hydrogens (tertiary/aromatic N) is 1. The lowest BCUT2D eigenvalue weighted by Gasteiger charge is -2.18. The molecule has 1 aromatic heterocycles. The van der Waals surface area contributed by atoms with Gasteiger partial charge in [0.05, 0.1) is 5.56 Å². The number of halogens is 2. The molecule has 178 valence electrons. The van der Waals surface area contributed by atoms with Gasteiger partial charge in [0, 0.05) is 26.5 Å². The zero-order valence-corrected chi connectivity index (χ0v) is 23.5. The van der Waals surface area contributed by atoms with Crippen LogP contribution in [0.15, 0.2) is 136 Å². The molecule has 3 heteroatoms. The maximum Gasteiger partial charge on any atom is 0.214 e. The molecule has 0 N–H and O–H groups in total. The highest BCUT2D eigenvalue weighted by molar-refractivity contribution is 9.10. The van der Waals surface area contributed by atoms with E-state index in [0.29, 0.717) is 0 Å². The Balaban J connectivity index is 1.74. The van der Waals surface area contributed by atoms with Crippen molar-refractivity contribution in [1.29, 1.82) is 0 Å². The molecule has 5 aromatic carbocycles. The van der Waals surface area contributed by atoms with Crippen molar-refractivity contribution in [1.82, 2.24) is 0 Å². The van der Waals surface area contributed by atoms with Crippen molar-refractivity contribution in [2.45, 2.75) is 0 Å². The Hall–Kier alpha value is -3.53. The van der Waals surface area contributed by atoms with E-state index in [2.05, 4.69) is 171 Å². The summed E-state index contributed by atoms with van der Waals surface area (Å²) in [6.45, 7) is 0. The minimum Gasteiger partial charge on any atom is -0.194 e. The Morgan fingerprint density at radius 2 is 1.03 bits per heavy atom. The SMILES string of the molecule is C[n+]1c(-c2c(-c3ccc(Br)cc3)cc(-c3ccccc3)cc2-c2ccc(Br)cc2)ccc2ccccc21. The third kappa shape index (κ3) is 4.66. The molecule has 0 saturated heterocycles. The molecule has 0 radical (unpaired) electrons. The van der Waals surface area contributed by atoms with Crippen LogP contribution in [-0.2, 0) is 7.05 Å². The largest absolute Gasteiger partial charge is 0.214 e. The predicted octanol–water partition coefficient (Wildman–Crippen LogP) is 9.86. The molecule has 0 aliphatic rings. The summed E-state index contributed by atoms with van der Waals surface area (Å²) < 4.78 is 4.46. The van der Waals surface area contributed by atoms with E-state index in [9.17, 15) is 0 Å². The second kappa shape index (κ2) is 10.1. The summed E-state index contributed by atoms with van der Waals surface area (Å²) in [5.74, 6) is 0. The van der Waals surface area contributed by atoms with Gasteiger partial charge in [-0.1, -0.05) is 98.6 Å². The van der Waals surface area contributed by atoms with Gasteiger partial charge in [0.15, 0.2) is 0 Å². The van der Waals surface area contributed by atoms with E-state index in [0.717, 1.165) is 8.95 Å². The van der Waals surface area contributed by atoms with E-state index in [1.54, 1.807) is 0 Å². The van der Waals surface area contributed by atoms with Crippen LogP contribution in [0.5, 0.6) is 0 Å². The van der Waals surface area contributed by atoms with Gasteiger partial charge in [0.25, 0.3) is 0 Å². The van der Waals surface area contributed by atoms with Crippen molar-refractivity contribution in [2.75, 3.05) is 0 Å². The van der Waals surface area contributed by atoms with Gasteiger partial charge in [0.2, 0.25) is 11.2 Å². The summed E-state index contributed by atoms with van der Waals surface area (Å²) in [4.78, 5) is 0. The number of aryl methyl sites for hydroxylation is 1. The fraction of sp³-hybridized carbons (Fsp3) is 0.0294. The van der Waals surface area contributed by atoms with Crippen LogP contribution >= 0.6 is 31.9 Å². The first kappa shape index (κ1) is 23.8. The van der Waals surface area contributed by atoms with Crippen LogP contribution in [0.25, 0.3) is 55.5 Å². The molecule has 0 atom stereocenters. The summed E-state index contributed by atoms with van der Waals surface area (Å²) in [5.41, 5.74) is 10.8. The van der Waals surface area contributed by atoms with E-state index < -0.39 is 0 Å². The Labute approximate surface area is 234 Å².